The molecule has 6 heteroatoms. The Kier molecular flexibility index (Phi) is 6.21. The van der Waals surface area contributed by atoms with Gasteiger partial charge in [0.05, 0.1) is 0 Å². The van der Waals surface area contributed by atoms with Crippen LogP contribution in [0.3, 0.4) is 0 Å². The molecule has 0 atom stereocenters. The molecule has 0 heterocycles. The van der Waals surface area contributed by atoms with Crippen LogP contribution in [0, 0.1) is 6.92 Å². The van der Waals surface area contributed by atoms with Crippen molar-refractivity contribution in [2.75, 3.05) is 11.9 Å². The summed E-state index contributed by atoms with van der Waals surface area (Å²) >= 11 is 5.94. The number of ether oxygens (including phenoxy) is 1. The fourth-order valence-corrected chi connectivity index (χ4v) is 2.13. The monoisotopic (exact) mass is 346 g/mol. The van der Waals surface area contributed by atoms with Crippen molar-refractivity contribution in [3.63, 3.8) is 0 Å². The summed E-state index contributed by atoms with van der Waals surface area (Å²) in [6.07, 6.45) is 0. The van der Waals surface area contributed by atoms with Crippen molar-refractivity contribution in [2.45, 2.75) is 20.4 Å². The molecule has 0 aliphatic rings. The average molecular weight is 347 g/mol. The fourth-order valence-electron chi connectivity index (χ4n) is 2.02. The predicted molar refractivity (Wildman–Crippen MR) is 94.3 cm³/mol. The molecule has 2 N–H and O–H groups in total. The van der Waals surface area contributed by atoms with Gasteiger partial charge in [-0.05, 0) is 48.4 Å². The number of halogens is 1. The third-order valence-corrected chi connectivity index (χ3v) is 3.69. The van der Waals surface area contributed by atoms with Gasteiger partial charge in [0.25, 0.3) is 5.91 Å². The second-order valence-corrected chi connectivity index (χ2v) is 5.76. The number of rotatable bonds is 6. The highest BCUT2D eigenvalue weighted by molar-refractivity contribution is 6.31. The van der Waals surface area contributed by atoms with E-state index in [1.165, 1.54) is 6.92 Å². The SMILES string of the molecule is CC(=O)Nc1ccc(CNC(=O)COc2ccc(Cl)c(C)c2)cc1. The fraction of sp³-hybridized carbons (Fsp3) is 0.222. The van der Waals surface area contributed by atoms with Crippen LogP contribution in [-0.4, -0.2) is 18.4 Å². The Labute approximate surface area is 146 Å². The van der Waals surface area contributed by atoms with Crippen LogP contribution in [0.15, 0.2) is 42.5 Å². The lowest BCUT2D eigenvalue weighted by Crippen LogP contribution is -2.28. The Morgan fingerprint density at radius 2 is 1.83 bits per heavy atom. The third kappa shape index (κ3) is 5.59. The second kappa shape index (κ2) is 8.36. The highest BCUT2D eigenvalue weighted by Gasteiger charge is 2.04. The Hall–Kier alpha value is -2.53. The molecule has 0 unspecified atom stereocenters. The van der Waals surface area contributed by atoms with Crippen LogP contribution in [0.2, 0.25) is 5.02 Å². The van der Waals surface area contributed by atoms with Crippen LogP contribution >= 0.6 is 11.6 Å². The van der Waals surface area contributed by atoms with E-state index in [-0.39, 0.29) is 18.4 Å². The largest absolute Gasteiger partial charge is 0.484 e. The topological polar surface area (TPSA) is 67.4 Å². The van der Waals surface area contributed by atoms with Gasteiger partial charge in [-0.1, -0.05) is 23.7 Å². The quantitative estimate of drug-likeness (QED) is 0.843. The minimum atomic E-state index is -0.214. The minimum Gasteiger partial charge on any atom is -0.484 e. The molecule has 0 bridgehead atoms. The molecule has 2 rings (SSSR count). The number of carbonyl (C=O) groups is 2. The Balaban J connectivity index is 1.78. The van der Waals surface area contributed by atoms with Crippen molar-refractivity contribution >= 4 is 29.1 Å². The van der Waals surface area contributed by atoms with Gasteiger partial charge >= 0.3 is 0 Å². The summed E-state index contributed by atoms with van der Waals surface area (Å²) in [4.78, 5) is 22.8. The van der Waals surface area contributed by atoms with E-state index in [2.05, 4.69) is 10.6 Å². The van der Waals surface area contributed by atoms with Crippen LogP contribution in [0.5, 0.6) is 5.75 Å². The lowest BCUT2D eigenvalue weighted by atomic mass is 10.2. The molecule has 0 aromatic heterocycles. The lowest BCUT2D eigenvalue weighted by Gasteiger charge is -2.09. The van der Waals surface area contributed by atoms with Crippen molar-refractivity contribution in [3.8, 4) is 5.75 Å². The van der Waals surface area contributed by atoms with Crippen molar-refractivity contribution in [1.82, 2.24) is 5.32 Å². The van der Waals surface area contributed by atoms with Crippen LogP contribution in [0.25, 0.3) is 0 Å². The van der Waals surface area contributed by atoms with Crippen molar-refractivity contribution in [3.05, 3.63) is 58.6 Å². The van der Waals surface area contributed by atoms with E-state index in [9.17, 15) is 9.59 Å². The summed E-state index contributed by atoms with van der Waals surface area (Å²) < 4.78 is 5.44. The van der Waals surface area contributed by atoms with Crippen LogP contribution in [0.1, 0.15) is 18.1 Å². The molecule has 0 radical (unpaired) electrons. The zero-order valence-electron chi connectivity index (χ0n) is 13.6. The number of hydrogen-bond acceptors (Lipinski definition) is 3. The van der Waals surface area contributed by atoms with Crippen molar-refractivity contribution in [1.29, 1.82) is 0 Å². The van der Waals surface area contributed by atoms with Gasteiger partial charge in [-0.2, -0.15) is 0 Å². The maximum atomic E-state index is 11.8. The normalized spacial score (nSPS) is 10.1. The van der Waals surface area contributed by atoms with Gasteiger partial charge in [-0.3, -0.25) is 9.59 Å². The van der Waals surface area contributed by atoms with Gasteiger partial charge in [0.1, 0.15) is 5.75 Å². The van der Waals surface area contributed by atoms with E-state index in [4.69, 9.17) is 16.3 Å². The van der Waals surface area contributed by atoms with Crippen LogP contribution in [-0.2, 0) is 16.1 Å². The van der Waals surface area contributed by atoms with Crippen LogP contribution in [0.4, 0.5) is 5.69 Å². The minimum absolute atomic E-state index is 0.0644. The molecule has 0 aliphatic heterocycles. The van der Waals surface area contributed by atoms with Gasteiger partial charge in [0.15, 0.2) is 6.61 Å². The summed E-state index contributed by atoms with van der Waals surface area (Å²) in [6, 6.07) is 12.5. The number of hydrogen-bond donors (Lipinski definition) is 2. The molecule has 2 aromatic carbocycles. The van der Waals surface area contributed by atoms with Crippen molar-refractivity contribution < 1.29 is 14.3 Å². The van der Waals surface area contributed by atoms with Crippen LogP contribution < -0.4 is 15.4 Å². The molecule has 126 valence electrons. The zero-order chi connectivity index (χ0) is 17.5. The highest BCUT2D eigenvalue weighted by atomic mass is 35.5. The van der Waals surface area contributed by atoms with E-state index < -0.39 is 0 Å². The first-order valence-corrected chi connectivity index (χ1v) is 7.84. The Morgan fingerprint density at radius 1 is 1.12 bits per heavy atom. The molecular formula is C18H19ClN2O3. The molecule has 5 nitrogen and oxygen atoms in total. The standard InChI is InChI=1S/C18H19ClN2O3/c1-12-9-16(7-8-17(12)19)24-11-18(23)20-10-14-3-5-15(6-4-14)21-13(2)22/h3-9H,10-11H2,1-2H3,(H,20,23)(H,21,22). The van der Waals surface area contributed by atoms with E-state index in [1.54, 1.807) is 30.3 Å². The third-order valence-electron chi connectivity index (χ3n) is 3.26. The molecule has 0 saturated heterocycles. The average Bonchev–Trinajstić information content (AvgIpc) is 2.55. The first-order chi connectivity index (χ1) is 11.4. The summed E-state index contributed by atoms with van der Waals surface area (Å²) in [7, 11) is 0. The zero-order valence-corrected chi connectivity index (χ0v) is 14.3. The summed E-state index contributed by atoms with van der Waals surface area (Å²) in [6.45, 7) is 3.66. The van der Waals surface area contributed by atoms with Gasteiger partial charge in [0.2, 0.25) is 5.91 Å². The highest BCUT2D eigenvalue weighted by Crippen LogP contribution is 2.20. The molecule has 0 spiro atoms. The predicted octanol–water partition coefficient (Wildman–Crippen LogP) is 3.30. The number of amides is 2. The maximum Gasteiger partial charge on any atom is 0.258 e. The molecule has 0 fully saturated rings. The molecule has 0 aliphatic carbocycles. The first-order valence-electron chi connectivity index (χ1n) is 7.46. The van der Waals surface area contributed by atoms with E-state index in [0.29, 0.717) is 17.3 Å². The van der Waals surface area contributed by atoms with E-state index in [1.807, 2.05) is 19.1 Å². The van der Waals surface area contributed by atoms with E-state index >= 15 is 0 Å². The number of carbonyl (C=O) groups excluding carboxylic acids is 2. The van der Waals surface area contributed by atoms with Gasteiger partial charge in [-0.15, -0.1) is 0 Å². The van der Waals surface area contributed by atoms with Gasteiger partial charge in [0, 0.05) is 24.2 Å². The number of nitrogens with one attached hydrogen (secondary N) is 2. The maximum absolute atomic E-state index is 11.8. The van der Waals surface area contributed by atoms with Gasteiger partial charge in [-0.25, -0.2) is 0 Å². The lowest BCUT2D eigenvalue weighted by molar-refractivity contribution is -0.123. The number of anilines is 1. The van der Waals surface area contributed by atoms with Crippen molar-refractivity contribution in [2.24, 2.45) is 0 Å². The molecule has 2 aromatic rings. The second-order valence-electron chi connectivity index (χ2n) is 5.35. The number of benzene rings is 2. The Morgan fingerprint density at radius 3 is 2.46 bits per heavy atom. The number of aryl methyl sites for hydroxylation is 1. The van der Waals surface area contributed by atoms with E-state index in [0.717, 1.165) is 16.8 Å². The molecule has 24 heavy (non-hydrogen) atoms. The first kappa shape index (κ1) is 17.8. The molecular weight excluding hydrogens is 328 g/mol. The summed E-state index contributed by atoms with van der Waals surface area (Å²) in [5, 5.41) is 6.13. The Bertz CT molecular complexity index is 730. The summed E-state index contributed by atoms with van der Waals surface area (Å²) in [5.41, 5.74) is 2.55. The summed E-state index contributed by atoms with van der Waals surface area (Å²) in [5.74, 6) is 0.269. The molecule has 2 amide bonds. The smallest absolute Gasteiger partial charge is 0.258 e. The molecule has 0 saturated carbocycles. The van der Waals surface area contributed by atoms with Gasteiger partial charge < -0.3 is 15.4 Å².